The first kappa shape index (κ1) is 18.7. The number of rotatable bonds is 7. The number of para-hydroxylation sites is 1. The van der Waals surface area contributed by atoms with Crippen LogP contribution >= 0.6 is 0 Å². The first-order valence-corrected chi connectivity index (χ1v) is 8.81. The molecule has 2 aromatic rings. The molecule has 0 saturated heterocycles. The van der Waals surface area contributed by atoms with E-state index < -0.39 is 6.04 Å². The fourth-order valence-corrected chi connectivity index (χ4v) is 2.68. The Morgan fingerprint density at radius 3 is 2.24 bits per heavy atom. The van der Waals surface area contributed by atoms with Crippen molar-refractivity contribution in [2.45, 2.75) is 39.7 Å². The summed E-state index contributed by atoms with van der Waals surface area (Å²) in [6.45, 7) is 6.04. The molecule has 2 rings (SSSR count). The number of hydrogen-bond acceptors (Lipinski definition) is 2. The third kappa shape index (κ3) is 4.92. The summed E-state index contributed by atoms with van der Waals surface area (Å²) in [6.07, 6.45) is 1.63. The van der Waals surface area contributed by atoms with Gasteiger partial charge in [0.1, 0.15) is 6.04 Å². The second-order valence-electron chi connectivity index (χ2n) is 6.20. The Morgan fingerprint density at radius 1 is 0.960 bits per heavy atom. The van der Waals surface area contributed by atoms with Crippen molar-refractivity contribution in [1.29, 1.82) is 0 Å². The van der Waals surface area contributed by atoms with E-state index in [2.05, 4.69) is 10.6 Å². The molecule has 0 aromatic heterocycles. The van der Waals surface area contributed by atoms with E-state index in [4.69, 9.17) is 0 Å². The van der Waals surface area contributed by atoms with Crippen LogP contribution in [0.2, 0.25) is 0 Å². The number of carbonyl (C=O) groups excluding carboxylic acids is 2. The van der Waals surface area contributed by atoms with Gasteiger partial charge in [-0.05, 0) is 36.1 Å². The highest BCUT2D eigenvalue weighted by atomic mass is 16.2. The quantitative estimate of drug-likeness (QED) is 0.801. The van der Waals surface area contributed by atoms with E-state index in [1.165, 1.54) is 0 Å². The molecule has 0 aliphatic rings. The fourth-order valence-electron chi connectivity index (χ4n) is 2.68. The normalized spacial score (nSPS) is 12.9. The fraction of sp³-hybridized carbons (Fsp3) is 0.333. The highest BCUT2D eigenvalue weighted by Crippen LogP contribution is 2.18. The number of carbonyl (C=O) groups is 2. The maximum Gasteiger partial charge on any atom is 0.251 e. The molecule has 2 amide bonds. The zero-order chi connectivity index (χ0) is 18.2. The van der Waals surface area contributed by atoms with Gasteiger partial charge in [-0.3, -0.25) is 9.59 Å². The molecular weight excluding hydrogens is 312 g/mol. The van der Waals surface area contributed by atoms with E-state index in [-0.39, 0.29) is 17.7 Å². The van der Waals surface area contributed by atoms with Gasteiger partial charge in [0.15, 0.2) is 0 Å². The van der Waals surface area contributed by atoms with Crippen LogP contribution in [0.3, 0.4) is 0 Å². The SMILES string of the molecule is CCc1ccccc1NC(=O)[C@@H](NC(=O)c1ccccc1)[C@@H](C)CC. The number of nitrogens with one attached hydrogen (secondary N) is 2. The maximum atomic E-state index is 12.8. The van der Waals surface area contributed by atoms with Crippen molar-refractivity contribution in [3.05, 3.63) is 65.7 Å². The molecule has 0 heterocycles. The van der Waals surface area contributed by atoms with Crippen molar-refractivity contribution >= 4 is 17.5 Å². The number of benzene rings is 2. The van der Waals surface area contributed by atoms with Gasteiger partial charge in [0.25, 0.3) is 5.91 Å². The average molecular weight is 338 g/mol. The van der Waals surface area contributed by atoms with Crippen molar-refractivity contribution in [2.75, 3.05) is 5.32 Å². The van der Waals surface area contributed by atoms with Gasteiger partial charge in [0.2, 0.25) is 5.91 Å². The first-order chi connectivity index (χ1) is 12.1. The molecule has 2 aromatic carbocycles. The van der Waals surface area contributed by atoms with Gasteiger partial charge in [-0.2, -0.15) is 0 Å². The van der Waals surface area contributed by atoms with Crippen LogP contribution in [-0.2, 0) is 11.2 Å². The molecule has 0 saturated carbocycles. The van der Waals surface area contributed by atoms with Crippen molar-refractivity contribution in [3.8, 4) is 0 Å². The lowest BCUT2D eigenvalue weighted by Gasteiger charge is -2.24. The van der Waals surface area contributed by atoms with Crippen molar-refractivity contribution < 1.29 is 9.59 Å². The van der Waals surface area contributed by atoms with Crippen molar-refractivity contribution in [1.82, 2.24) is 5.32 Å². The molecule has 0 aliphatic heterocycles. The summed E-state index contributed by atoms with van der Waals surface area (Å²) in [7, 11) is 0. The number of aryl methyl sites for hydroxylation is 1. The van der Waals surface area contributed by atoms with E-state index in [1.807, 2.05) is 63.2 Å². The van der Waals surface area contributed by atoms with Gasteiger partial charge in [-0.25, -0.2) is 0 Å². The molecule has 0 unspecified atom stereocenters. The Labute approximate surface area is 149 Å². The molecule has 0 spiro atoms. The molecule has 0 fully saturated rings. The second-order valence-corrected chi connectivity index (χ2v) is 6.20. The summed E-state index contributed by atoms with van der Waals surface area (Å²) < 4.78 is 0. The van der Waals surface area contributed by atoms with E-state index in [9.17, 15) is 9.59 Å². The molecule has 25 heavy (non-hydrogen) atoms. The monoisotopic (exact) mass is 338 g/mol. The number of amides is 2. The van der Waals surface area contributed by atoms with Gasteiger partial charge in [-0.1, -0.05) is 63.6 Å². The third-order valence-electron chi connectivity index (χ3n) is 4.47. The summed E-state index contributed by atoms with van der Waals surface area (Å²) in [4.78, 5) is 25.3. The maximum absolute atomic E-state index is 12.8. The molecule has 0 bridgehead atoms. The van der Waals surface area contributed by atoms with Crippen LogP contribution < -0.4 is 10.6 Å². The Morgan fingerprint density at radius 2 is 1.60 bits per heavy atom. The smallest absolute Gasteiger partial charge is 0.251 e. The molecule has 132 valence electrons. The van der Waals surface area contributed by atoms with Gasteiger partial charge in [-0.15, -0.1) is 0 Å². The van der Waals surface area contributed by atoms with E-state index in [0.29, 0.717) is 5.56 Å². The molecule has 4 heteroatoms. The highest BCUT2D eigenvalue weighted by molar-refractivity contribution is 6.01. The summed E-state index contributed by atoms with van der Waals surface area (Å²) >= 11 is 0. The Hall–Kier alpha value is -2.62. The van der Waals surface area contributed by atoms with Crippen LogP contribution in [0, 0.1) is 5.92 Å². The third-order valence-corrected chi connectivity index (χ3v) is 4.47. The predicted molar refractivity (Wildman–Crippen MR) is 102 cm³/mol. The van der Waals surface area contributed by atoms with Crippen molar-refractivity contribution in [2.24, 2.45) is 5.92 Å². The van der Waals surface area contributed by atoms with Crippen LogP contribution in [0.5, 0.6) is 0 Å². The predicted octanol–water partition coefficient (Wildman–Crippen LogP) is 4.03. The van der Waals surface area contributed by atoms with Gasteiger partial charge < -0.3 is 10.6 Å². The Bertz CT molecular complexity index is 713. The summed E-state index contributed by atoms with van der Waals surface area (Å²) in [6, 6.07) is 16.1. The van der Waals surface area contributed by atoms with Gasteiger partial charge >= 0.3 is 0 Å². The Balaban J connectivity index is 2.16. The largest absolute Gasteiger partial charge is 0.340 e. The van der Waals surface area contributed by atoms with E-state index in [1.54, 1.807) is 12.1 Å². The summed E-state index contributed by atoms with van der Waals surface area (Å²) in [5, 5.41) is 5.87. The molecule has 0 aliphatic carbocycles. The van der Waals surface area contributed by atoms with Gasteiger partial charge in [0, 0.05) is 11.3 Å². The van der Waals surface area contributed by atoms with E-state index >= 15 is 0 Å². The second kappa shape index (κ2) is 9.02. The van der Waals surface area contributed by atoms with Crippen LogP contribution in [0.1, 0.15) is 43.1 Å². The lowest BCUT2D eigenvalue weighted by Crippen LogP contribution is -2.47. The minimum absolute atomic E-state index is 0.0291. The van der Waals surface area contributed by atoms with Crippen LogP contribution in [0.25, 0.3) is 0 Å². The summed E-state index contributed by atoms with van der Waals surface area (Å²) in [5.41, 5.74) is 2.43. The number of hydrogen-bond donors (Lipinski definition) is 2. The van der Waals surface area contributed by atoms with Crippen LogP contribution in [0.15, 0.2) is 54.6 Å². The standard InChI is InChI=1S/C21H26N2O2/c1-4-15(3)19(23-20(24)17-12-7-6-8-13-17)21(25)22-18-14-10-9-11-16(18)5-2/h6-15,19H,4-5H2,1-3H3,(H,22,25)(H,23,24)/t15-,19-/m0/s1. The van der Waals surface area contributed by atoms with Gasteiger partial charge in [0.05, 0.1) is 0 Å². The molecule has 4 nitrogen and oxygen atoms in total. The minimum Gasteiger partial charge on any atom is -0.340 e. The molecular formula is C21H26N2O2. The van der Waals surface area contributed by atoms with Crippen LogP contribution in [-0.4, -0.2) is 17.9 Å². The van der Waals surface area contributed by atoms with Crippen LogP contribution in [0.4, 0.5) is 5.69 Å². The Kier molecular flexibility index (Phi) is 6.75. The average Bonchev–Trinajstić information content (AvgIpc) is 2.66. The topological polar surface area (TPSA) is 58.2 Å². The lowest BCUT2D eigenvalue weighted by atomic mass is 9.97. The van der Waals surface area contributed by atoms with Crippen molar-refractivity contribution in [3.63, 3.8) is 0 Å². The first-order valence-electron chi connectivity index (χ1n) is 8.81. The number of anilines is 1. The van der Waals surface area contributed by atoms with E-state index in [0.717, 1.165) is 24.1 Å². The minimum atomic E-state index is -0.581. The summed E-state index contributed by atoms with van der Waals surface area (Å²) in [5.74, 6) is -0.384. The zero-order valence-electron chi connectivity index (χ0n) is 15.1. The lowest BCUT2D eigenvalue weighted by molar-refractivity contribution is -0.119. The highest BCUT2D eigenvalue weighted by Gasteiger charge is 2.26. The zero-order valence-corrected chi connectivity index (χ0v) is 15.1. The molecule has 2 atom stereocenters. The molecule has 0 radical (unpaired) electrons. The molecule has 2 N–H and O–H groups in total.